The van der Waals surface area contributed by atoms with E-state index in [1.54, 1.807) is 11.3 Å². The number of halogens is 1. The molecule has 0 aromatic carbocycles. The highest BCUT2D eigenvalue weighted by molar-refractivity contribution is 7.13. The molecule has 2 nitrogen and oxygen atoms in total. The molecule has 0 aliphatic carbocycles. The lowest BCUT2D eigenvalue weighted by Crippen LogP contribution is -2.30. The Labute approximate surface area is 94.9 Å². The molecule has 1 heterocycles. The number of alkyl halides is 1. The van der Waals surface area contributed by atoms with Gasteiger partial charge in [0.25, 0.3) is 0 Å². The van der Waals surface area contributed by atoms with E-state index in [9.17, 15) is 0 Å². The molecule has 14 heavy (non-hydrogen) atoms. The Morgan fingerprint density at radius 2 is 2.14 bits per heavy atom. The van der Waals surface area contributed by atoms with Gasteiger partial charge in [0, 0.05) is 18.5 Å². The number of hydrogen-bond acceptors (Lipinski definition) is 3. The normalized spacial score (nSPS) is 10.9. The topological polar surface area (TPSA) is 16.1 Å². The summed E-state index contributed by atoms with van der Waals surface area (Å²) < 4.78 is 0. The van der Waals surface area contributed by atoms with Gasteiger partial charge in [0.05, 0.1) is 11.6 Å². The smallest absolute Gasteiger partial charge is 0.185 e. The summed E-state index contributed by atoms with van der Waals surface area (Å²) in [5.74, 6) is 0.507. The maximum atomic E-state index is 5.72. The first kappa shape index (κ1) is 11.8. The Morgan fingerprint density at radius 1 is 1.50 bits per heavy atom. The van der Waals surface area contributed by atoms with Gasteiger partial charge in [-0.25, -0.2) is 4.98 Å². The molecule has 0 radical (unpaired) electrons. The third-order valence-corrected chi connectivity index (χ3v) is 3.72. The highest BCUT2D eigenvalue weighted by Crippen LogP contribution is 2.23. The molecule has 1 rings (SSSR count). The van der Waals surface area contributed by atoms with Gasteiger partial charge in [0.15, 0.2) is 5.13 Å². The Balaban J connectivity index is 2.72. The molecule has 0 amide bonds. The number of hydrogen-bond donors (Lipinski definition) is 0. The van der Waals surface area contributed by atoms with Gasteiger partial charge in [-0.2, -0.15) is 0 Å². The van der Waals surface area contributed by atoms with Crippen molar-refractivity contribution in [3.63, 3.8) is 0 Å². The van der Waals surface area contributed by atoms with Gasteiger partial charge in [0.1, 0.15) is 0 Å². The maximum Gasteiger partial charge on any atom is 0.185 e. The van der Waals surface area contributed by atoms with Gasteiger partial charge in [-0.15, -0.1) is 22.9 Å². The van der Waals surface area contributed by atoms with Gasteiger partial charge in [-0.05, 0) is 12.8 Å². The highest BCUT2D eigenvalue weighted by atomic mass is 35.5. The van der Waals surface area contributed by atoms with Crippen LogP contribution in [0, 0.1) is 0 Å². The fourth-order valence-electron chi connectivity index (χ4n) is 1.51. The van der Waals surface area contributed by atoms with Crippen molar-refractivity contribution in [1.82, 2.24) is 4.98 Å². The SMILES string of the molecule is CCC(CC)N(C)c1nc(CCl)cs1. The third kappa shape index (κ3) is 2.61. The van der Waals surface area contributed by atoms with Crippen LogP contribution in [0.25, 0.3) is 0 Å². The molecule has 0 bridgehead atoms. The summed E-state index contributed by atoms with van der Waals surface area (Å²) in [6.07, 6.45) is 2.31. The highest BCUT2D eigenvalue weighted by Gasteiger charge is 2.13. The quantitative estimate of drug-likeness (QED) is 0.723. The second-order valence-electron chi connectivity index (χ2n) is 3.34. The van der Waals surface area contributed by atoms with Crippen molar-refractivity contribution < 1.29 is 0 Å². The van der Waals surface area contributed by atoms with Crippen molar-refractivity contribution in [3.8, 4) is 0 Å². The van der Waals surface area contributed by atoms with Crippen LogP contribution in [-0.4, -0.2) is 18.1 Å². The number of rotatable bonds is 5. The van der Waals surface area contributed by atoms with E-state index in [0.29, 0.717) is 11.9 Å². The maximum absolute atomic E-state index is 5.72. The molecule has 0 atom stereocenters. The summed E-state index contributed by atoms with van der Waals surface area (Å²) in [5.41, 5.74) is 0.976. The predicted molar refractivity (Wildman–Crippen MR) is 64.4 cm³/mol. The molecule has 4 heteroatoms. The lowest BCUT2D eigenvalue weighted by Gasteiger charge is -2.25. The van der Waals surface area contributed by atoms with Gasteiger partial charge in [0.2, 0.25) is 0 Å². The Bertz CT molecular complexity index is 271. The summed E-state index contributed by atoms with van der Waals surface area (Å²) >= 11 is 7.39. The van der Waals surface area contributed by atoms with Crippen molar-refractivity contribution in [2.24, 2.45) is 0 Å². The Kier molecular flexibility index (Phi) is 4.69. The zero-order chi connectivity index (χ0) is 10.6. The summed E-state index contributed by atoms with van der Waals surface area (Å²) in [4.78, 5) is 6.71. The van der Waals surface area contributed by atoms with Gasteiger partial charge in [-0.3, -0.25) is 0 Å². The number of anilines is 1. The second-order valence-corrected chi connectivity index (χ2v) is 4.44. The van der Waals surface area contributed by atoms with Gasteiger partial charge >= 0.3 is 0 Å². The van der Waals surface area contributed by atoms with Gasteiger partial charge in [-0.1, -0.05) is 13.8 Å². The molecule has 1 aromatic heterocycles. The fraction of sp³-hybridized carbons (Fsp3) is 0.700. The van der Waals surface area contributed by atoms with Crippen molar-refractivity contribution in [3.05, 3.63) is 11.1 Å². The van der Waals surface area contributed by atoms with Gasteiger partial charge < -0.3 is 4.90 Å². The second kappa shape index (κ2) is 5.56. The zero-order valence-corrected chi connectivity index (χ0v) is 10.5. The standard InChI is InChI=1S/C10H17ClN2S/c1-4-9(5-2)13(3)10-12-8(6-11)7-14-10/h7,9H,4-6H2,1-3H3. The Hall–Kier alpha value is -0.280. The molecule has 1 aromatic rings. The molecule has 0 N–H and O–H groups in total. The third-order valence-electron chi connectivity index (χ3n) is 2.47. The van der Waals surface area contributed by atoms with E-state index < -0.39 is 0 Å². The summed E-state index contributed by atoms with van der Waals surface area (Å²) in [6, 6.07) is 0.587. The lowest BCUT2D eigenvalue weighted by molar-refractivity contribution is 0.590. The molecule has 0 aliphatic heterocycles. The molecule has 0 fully saturated rings. The summed E-state index contributed by atoms with van der Waals surface area (Å²) in [5, 5.41) is 3.11. The van der Waals surface area contributed by atoms with E-state index >= 15 is 0 Å². The molecule has 0 aliphatic rings. The van der Waals surface area contributed by atoms with Crippen LogP contribution < -0.4 is 4.90 Å². The number of nitrogens with zero attached hydrogens (tertiary/aromatic N) is 2. The summed E-state index contributed by atoms with van der Waals surface area (Å²) in [7, 11) is 2.11. The monoisotopic (exact) mass is 232 g/mol. The largest absolute Gasteiger partial charge is 0.348 e. The van der Waals surface area contributed by atoms with Crippen LogP contribution >= 0.6 is 22.9 Å². The zero-order valence-electron chi connectivity index (χ0n) is 8.96. The number of thiazole rings is 1. The summed E-state index contributed by atoms with van der Waals surface area (Å²) in [6.45, 7) is 4.42. The molecule has 0 saturated carbocycles. The molecular weight excluding hydrogens is 216 g/mol. The minimum Gasteiger partial charge on any atom is -0.348 e. The van der Waals surface area contributed by atoms with E-state index in [1.165, 1.54) is 0 Å². The van der Waals surface area contributed by atoms with Crippen LogP contribution in [0.15, 0.2) is 5.38 Å². The molecule has 80 valence electrons. The van der Waals surface area contributed by atoms with Crippen LogP contribution in [0.5, 0.6) is 0 Å². The van der Waals surface area contributed by atoms with E-state index in [2.05, 4.69) is 30.8 Å². The minimum absolute atomic E-state index is 0.507. The van der Waals surface area contributed by atoms with E-state index in [4.69, 9.17) is 11.6 Å². The average molecular weight is 233 g/mol. The van der Waals surface area contributed by atoms with Crippen LogP contribution in [0.3, 0.4) is 0 Å². The average Bonchev–Trinajstić information content (AvgIpc) is 2.67. The van der Waals surface area contributed by atoms with Crippen molar-refractivity contribution in [1.29, 1.82) is 0 Å². The lowest BCUT2D eigenvalue weighted by atomic mass is 10.1. The fourth-order valence-corrected chi connectivity index (χ4v) is 2.60. The molecule has 0 saturated heterocycles. The minimum atomic E-state index is 0.507. The molecule has 0 unspecified atom stereocenters. The first-order valence-electron chi connectivity index (χ1n) is 4.96. The predicted octanol–water partition coefficient (Wildman–Crippen LogP) is 3.51. The van der Waals surface area contributed by atoms with Crippen molar-refractivity contribution >= 4 is 28.1 Å². The van der Waals surface area contributed by atoms with E-state index in [1.807, 2.05) is 5.38 Å². The molecule has 0 spiro atoms. The molecular formula is C10H17ClN2S. The van der Waals surface area contributed by atoms with Crippen LogP contribution in [0.1, 0.15) is 32.4 Å². The van der Waals surface area contributed by atoms with E-state index in [-0.39, 0.29) is 0 Å². The first-order chi connectivity index (χ1) is 6.72. The van der Waals surface area contributed by atoms with Crippen LogP contribution in [-0.2, 0) is 5.88 Å². The first-order valence-corrected chi connectivity index (χ1v) is 6.37. The Morgan fingerprint density at radius 3 is 2.57 bits per heavy atom. The van der Waals surface area contributed by atoms with Crippen LogP contribution in [0.2, 0.25) is 0 Å². The van der Waals surface area contributed by atoms with Crippen molar-refractivity contribution in [2.75, 3.05) is 11.9 Å². The van der Waals surface area contributed by atoms with Crippen LogP contribution in [0.4, 0.5) is 5.13 Å². The van der Waals surface area contributed by atoms with E-state index in [0.717, 1.165) is 23.7 Å². The van der Waals surface area contributed by atoms with Crippen molar-refractivity contribution in [2.45, 2.75) is 38.6 Å². The number of aromatic nitrogens is 1.